The molecule has 1 heterocycles. The summed E-state index contributed by atoms with van der Waals surface area (Å²) in [5.41, 5.74) is 0. The monoisotopic (exact) mass is 283 g/mol. The number of carboxylic acid groups (broad SMARTS) is 1. The predicted octanol–water partition coefficient (Wildman–Crippen LogP) is 0.252. The second-order valence-corrected chi connectivity index (χ2v) is 4.57. The minimum absolute atomic E-state index is 0.0649. The molecule has 1 aromatic heterocycles. The summed E-state index contributed by atoms with van der Waals surface area (Å²) in [5, 5.41) is 19.2. The molecule has 1 aromatic rings. The third-order valence-corrected chi connectivity index (χ3v) is 3.03. The topological polar surface area (TPSA) is 100 Å². The molecule has 20 heavy (non-hydrogen) atoms. The van der Waals surface area contributed by atoms with Gasteiger partial charge in [-0.3, -0.25) is 4.79 Å². The summed E-state index contributed by atoms with van der Waals surface area (Å²) in [5.74, 6) is -0.130. The third kappa shape index (κ3) is 4.52. The highest BCUT2D eigenvalue weighted by Crippen LogP contribution is 2.04. The van der Waals surface area contributed by atoms with Gasteiger partial charge in [0.15, 0.2) is 0 Å². The van der Waals surface area contributed by atoms with Crippen LogP contribution in [0.4, 0.5) is 4.79 Å². The lowest BCUT2D eigenvalue weighted by molar-refractivity contribution is -0.138. The van der Waals surface area contributed by atoms with Crippen molar-refractivity contribution < 1.29 is 14.7 Å². The molecule has 0 saturated heterocycles. The van der Waals surface area contributed by atoms with Gasteiger partial charge in [-0.05, 0) is 13.8 Å². The van der Waals surface area contributed by atoms with Gasteiger partial charge in [-0.1, -0.05) is 0 Å². The Kier molecular flexibility index (Phi) is 5.95. The number of carbonyl (C=O) groups excluding carboxylic acids is 1. The lowest BCUT2D eigenvalue weighted by atomic mass is 10.2. The van der Waals surface area contributed by atoms with Crippen molar-refractivity contribution in [2.45, 2.75) is 32.7 Å². The number of urea groups is 1. The second-order valence-electron chi connectivity index (χ2n) is 4.57. The van der Waals surface area contributed by atoms with Crippen molar-refractivity contribution in [2.24, 2.45) is 7.05 Å². The molecule has 2 N–H and O–H groups in total. The molecule has 0 radical (unpaired) electrons. The van der Waals surface area contributed by atoms with Crippen LogP contribution in [0.2, 0.25) is 0 Å². The van der Waals surface area contributed by atoms with Gasteiger partial charge in [0.2, 0.25) is 0 Å². The molecule has 0 fully saturated rings. The predicted molar refractivity (Wildman–Crippen MR) is 72.2 cm³/mol. The van der Waals surface area contributed by atoms with Gasteiger partial charge >= 0.3 is 12.0 Å². The Bertz CT molecular complexity index is 460. The number of rotatable bonds is 7. The molecule has 0 aliphatic rings. The largest absolute Gasteiger partial charge is 0.481 e. The Morgan fingerprint density at radius 2 is 2.25 bits per heavy atom. The van der Waals surface area contributed by atoms with Crippen LogP contribution in [0, 0.1) is 0 Å². The smallest absolute Gasteiger partial charge is 0.317 e. The van der Waals surface area contributed by atoms with Gasteiger partial charge in [0.1, 0.15) is 12.2 Å². The van der Waals surface area contributed by atoms with E-state index in [0.717, 1.165) is 5.82 Å². The average molecular weight is 283 g/mol. The highest BCUT2D eigenvalue weighted by Gasteiger charge is 2.20. The van der Waals surface area contributed by atoms with E-state index in [2.05, 4.69) is 15.5 Å². The zero-order valence-corrected chi connectivity index (χ0v) is 12.0. The molecule has 0 aliphatic carbocycles. The lowest BCUT2D eigenvalue weighted by Gasteiger charge is -2.27. The van der Waals surface area contributed by atoms with E-state index in [1.807, 2.05) is 14.0 Å². The standard InChI is InChI=1S/C12H21N5O3/c1-4-17(9(2)7-11(18)19)12(20)13-6-5-10-15-14-8-16(10)3/h8-9H,4-7H2,1-3H3,(H,13,20)(H,18,19). The van der Waals surface area contributed by atoms with Gasteiger partial charge in [0.05, 0.1) is 6.42 Å². The summed E-state index contributed by atoms with van der Waals surface area (Å²) in [7, 11) is 1.84. The van der Waals surface area contributed by atoms with Gasteiger partial charge in [0.25, 0.3) is 0 Å². The molecule has 2 amide bonds. The Morgan fingerprint density at radius 3 is 2.75 bits per heavy atom. The van der Waals surface area contributed by atoms with Gasteiger partial charge in [-0.2, -0.15) is 0 Å². The van der Waals surface area contributed by atoms with Crippen molar-refractivity contribution in [2.75, 3.05) is 13.1 Å². The zero-order chi connectivity index (χ0) is 15.1. The van der Waals surface area contributed by atoms with Crippen molar-refractivity contribution in [3.05, 3.63) is 12.2 Å². The highest BCUT2D eigenvalue weighted by atomic mass is 16.4. The van der Waals surface area contributed by atoms with E-state index in [4.69, 9.17) is 5.11 Å². The van der Waals surface area contributed by atoms with E-state index in [9.17, 15) is 9.59 Å². The second kappa shape index (κ2) is 7.46. The van der Waals surface area contributed by atoms with Crippen LogP contribution < -0.4 is 5.32 Å². The minimum atomic E-state index is -0.914. The van der Waals surface area contributed by atoms with Crippen molar-refractivity contribution in [3.63, 3.8) is 0 Å². The molecule has 1 unspecified atom stereocenters. The third-order valence-electron chi connectivity index (χ3n) is 3.03. The highest BCUT2D eigenvalue weighted by molar-refractivity contribution is 5.75. The van der Waals surface area contributed by atoms with E-state index in [-0.39, 0.29) is 18.5 Å². The lowest BCUT2D eigenvalue weighted by Crippen LogP contribution is -2.46. The maximum atomic E-state index is 12.0. The molecule has 112 valence electrons. The first-order chi connectivity index (χ1) is 9.45. The number of amides is 2. The Labute approximate surface area is 117 Å². The summed E-state index contributed by atoms with van der Waals surface area (Å²) in [4.78, 5) is 24.2. The fourth-order valence-corrected chi connectivity index (χ4v) is 1.93. The summed E-state index contributed by atoms with van der Waals surface area (Å²) >= 11 is 0. The molecular weight excluding hydrogens is 262 g/mol. The number of carboxylic acids is 1. The van der Waals surface area contributed by atoms with E-state index in [1.54, 1.807) is 17.8 Å². The SMILES string of the molecule is CCN(C(=O)NCCc1nncn1C)C(C)CC(=O)O. The molecule has 1 atom stereocenters. The summed E-state index contributed by atoms with van der Waals surface area (Å²) in [6.45, 7) is 4.44. The number of carbonyl (C=O) groups is 2. The van der Waals surface area contributed by atoms with Crippen molar-refractivity contribution in [1.29, 1.82) is 0 Å². The van der Waals surface area contributed by atoms with Crippen molar-refractivity contribution in [3.8, 4) is 0 Å². The van der Waals surface area contributed by atoms with Gasteiger partial charge in [0, 0.05) is 32.6 Å². The molecule has 1 rings (SSSR count). The molecule has 0 aromatic carbocycles. The van der Waals surface area contributed by atoms with Gasteiger partial charge in [-0.15, -0.1) is 10.2 Å². The van der Waals surface area contributed by atoms with Crippen LogP contribution in [-0.4, -0.2) is 55.9 Å². The Hall–Kier alpha value is -2.12. The molecule has 8 heteroatoms. The summed E-state index contributed by atoms with van der Waals surface area (Å²) < 4.78 is 1.79. The van der Waals surface area contributed by atoms with Crippen LogP contribution in [0.1, 0.15) is 26.1 Å². The number of aliphatic carboxylic acids is 1. The average Bonchev–Trinajstić information content (AvgIpc) is 2.75. The van der Waals surface area contributed by atoms with Gasteiger partial charge in [-0.25, -0.2) is 4.79 Å². The van der Waals surface area contributed by atoms with Gasteiger partial charge < -0.3 is 19.9 Å². The molecule has 0 spiro atoms. The molecular formula is C12H21N5O3. The number of nitrogens with zero attached hydrogens (tertiary/aromatic N) is 4. The quantitative estimate of drug-likeness (QED) is 0.747. The number of hydrogen-bond acceptors (Lipinski definition) is 4. The number of hydrogen-bond donors (Lipinski definition) is 2. The van der Waals surface area contributed by atoms with E-state index < -0.39 is 5.97 Å². The molecule has 8 nitrogen and oxygen atoms in total. The van der Waals surface area contributed by atoms with Crippen LogP contribution in [0.15, 0.2) is 6.33 Å². The minimum Gasteiger partial charge on any atom is -0.481 e. The summed E-state index contributed by atoms with van der Waals surface area (Å²) in [6, 6.07) is -0.601. The molecule has 0 bridgehead atoms. The fourth-order valence-electron chi connectivity index (χ4n) is 1.93. The van der Waals surface area contributed by atoms with Crippen LogP contribution in [0.3, 0.4) is 0 Å². The Balaban J connectivity index is 2.43. The molecule has 0 aliphatic heterocycles. The number of nitrogens with one attached hydrogen (secondary N) is 1. The van der Waals surface area contributed by atoms with Crippen molar-refractivity contribution >= 4 is 12.0 Å². The fraction of sp³-hybridized carbons (Fsp3) is 0.667. The zero-order valence-electron chi connectivity index (χ0n) is 12.0. The molecule has 0 saturated carbocycles. The van der Waals surface area contributed by atoms with Crippen molar-refractivity contribution in [1.82, 2.24) is 25.0 Å². The first-order valence-electron chi connectivity index (χ1n) is 6.54. The first kappa shape index (κ1) is 15.9. The number of aromatic nitrogens is 3. The van der Waals surface area contributed by atoms with Crippen LogP contribution in [0.5, 0.6) is 0 Å². The maximum absolute atomic E-state index is 12.0. The normalized spacial score (nSPS) is 11.9. The maximum Gasteiger partial charge on any atom is 0.317 e. The van der Waals surface area contributed by atoms with E-state index >= 15 is 0 Å². The first-order valence-corrected chi connectivity index (χ1v) is 6.54. The van der Waals surface area contributed by atoms with Crippen LogP contribution in [-0.2, 0) is 18.3 Å². The van der Waals surface area contributed by atoms with E-state index in [1.165, 1.54) is 4.90 Å². The van der Waals surface area contributed by atoms with Crippen LogP contribution >= 0.6 is 0 Å². The Morgan fingerprint density at radius 1 is 1.55 bits per heavy atom. The van der Waals surface area contributed by atoms with Crippen LogP contribution in [0.25, 0.3) is 0 Å². The van der Waals surface area contributed by atoms with E-state index in [0.29, 0.717) is 19.5 Å². The summed E-state index contributed by atoms with van der Waals surface area (Å²) in [6.07, 6.45) is 2.11. The number of aryl methyl sites for hydroxylation is 1.